The van der Waals surface area contributed by atoms with Gasteiger partial charge in [0.05, 0.1) is 6.61 Å². The molecule has 0 aromatic rings. The highest BCUT2D eigenvalue weighted by atomic mass is 35.5. The summed E-state index contributed by atoms with van der Waals surface area (Å²) in [4.78, 5) is 11.4. The lowest BCUT2D eigenvalue weighted by atomic mass is 10.1. The van der Waals surface area contributed by atoms with Crippen LogP contribution in [0.25, 0.3) is 0 Å². The number of ether oxygens (including phenoxy) is 1. The third-order valence-electron chi connectivity index (χ3n) is 3.26. The number of carbonyl (C=O) groups excluding carboxylic acids is 1. The molecule has 2 unspecified atom stereocenters. The topological polar surface area (TPSA) is 52.3 Å². The van der Waals surface area contributed by atoms with Gasteiger partial charge < -0.3 is 10.5 Å². The van der Waals surface area contributed by atoms with E-state index in [2.05, 4.69) is 0 Å². The van der Waals surface area contributed by atoms with Gasteiger partial charge in [0, 0.05) is 0 Å². The van der Waals surface area contributed by atoms with Gasteiger partial charge in [-0.1, -0.05) is 6.42 Å². The fourth-order valence-corrected chi connectivity index (χ4v) is 2.56. The molecular weight excluding hydrogens is 190 g/mol. The van der Waals surface area contributed by atoms with E-state index in [1.807, 2.05) is 6.92 Å². The molecule has 76 valence electrons. The summed E-state index contributed by atoms with van der Waals surface area (Å²) in [6.45, 7) is 2.26. The summed E-state index contributed by atoms with van der Waals surface area (Å²) in [6.07, 6.45) is 3.45. The van der Waals surface area contributed by atoms with Gasteiger partial charge in [-0.3, -0.25) is 4.79 Å². The predicted octanol–water partition coefficient (Wildman–Crippen LogP) is 1.10. The predicted molar refractivity (Wildman–Crippen MR) is 51.6 cm³/mol. The molecule has 4 heteroatoms. The molecule has 0 heterocycles. The summed E-state index contributed by atoms with van der Waals surface area (Å²) in [7, 11) is 0. The zero-order valence-corrected chi connectivity index (χ0v) is 8.60. The Labute approximate surface area is 84.4 Å². The highest BCUT2D eigenvalue weighted by molar-refractivity contribution is 5.86. The van der Waals surface area contributed by atoms with Gasteiger partial charge in [-0.2, -0.15) is 0 Å². The fraction of sp³-hybridized carbons (Fsp3) is 0.889. The van der Waals surface area contributed by atoms with Crippen LogP contribution in [0, 0.1) is 11.8 Å². The molecular formula is C9H16ClNO2. The van der Waals surface area contributed by atoms with Crippen molar-refractivity contribution in [2.24, 2.45) is 17.6 Å². The minimum Gasteiger partial charge on any atom is -0.465 e. The van der Waals surface area contributed by atoms with E-state index in [0.717, 1.165) is 12.8 Å². The Balaban J connectivity index is 0.000000845. The smallest absolute Gasteiger partial charge is 0.326 e. The van der Waals surface area contributed by atoms with Crippen molar-refractivity contribution in [1.82, 2.24) is 0 Å². The molecule has 2 N–H and O–H groups in total. The molecule has 0 spiro atoms. The molecule has 2 fully saturated rings. The first-order valence-electron chi connectivity index (χ1n) is 4.67. The van der Waals surface area contributed by atoms with Crippen LogP contribution in [-0.2, 0) is 9.53 Å². The molecule has 13 heavy (non-hydrogen) atoms. The summed E-state index contributed by atoms with van der Waals surface area (Å²) in [5.74, 6) is 0.674. The third-order valence-corrected chi connectivity index (χ3v) is 3.26. The fourth-order valence-electron chi connectivity index (χ4n) is 2.56. The minimum absolute atomic E-state index is 0. The van der Waals surface area contributed by atoms with E-state index in [1.165, 1.54) is 6.42 Å². The number of esters is 1. The van der Waals surface area contributed by atoms with Crippen molar-refractivity contribution >= 4 is 18.4 Å². The average molecular weight is 206 g/mol. The van der Waals surface area contributed by atoms with Gasteiger partial charge in [0.25, 0.3) is 0 Å². The average Bonchev–Trinajstić information content (AvgIpc) is 2.52. The highest BCUT2D eigenvalue weighted by Gasteiger charge is 2.69. The van der Waals surface area contributed by atoms with Crippen LogP contribution in [0.1, 0.15) is 26.2 Å². The van der Waals surface area contributed by atoms with Crippen molar-refractivity contribution < 1.29 is 9.53 Å². The molecule has 2 aliphatic rings. The highest BCUT2D eigenvalue weighted by Crippen LogP contribution is 2.59. The van der Waals surface area contributed by atoms with Crippen LogP contribution >= 0.6 is 12.4 Å². The van der Waals surface area contributed by atoms with Crippen molar-refractivity contribution in [3.8, 4) is 0 Å². The van der Waals surface area contributed by atoms with Crippen molar-refractivity contribution in [3.05, 3.63) is 0 Å². The van der Waals surface area contributed by atoms with E-state index in [0.29, 0.717) is 18.4 Å². The Bertz CT molecular complexity index is 210. The first kappa shape index (κ1) is 10.8. The van der Waals surface area contributed by atoms with E-state index in [1.54, 1.807) is 0 Å². The van der Waals surface area contributed by atoms with Crippen LogP contribution in [0.15, 0.2) is 0 Å². The normalized spacial score (nSPS) is 40.5. The summed E-state index contributed by atoms with van der Waals surface area (Å²) < 4.78 is 4.94. The van der Waals surface area contributed by atoms with Crippen LogP contribution in [0.3, 0.4) is 0 Å². The SMILES string of the molecule is CCOC(=O)C1(N)C2CCCC21.Cl. The maximum atomic E-state index is 11.4. The van der Waals surface area contributed by atoms with Crippen molar-refractivity contribution in [3.63, 3.8) is 0 Å². The number of rotatable bonds is 2. The Kier molecular flexibility index (Phi) is 2.88. The maximum Gasteiger partial charge on any atom is 0.326 e. The standard InChI is InChI=1S/C9H15NO2.ClH/c1-2-12-8(11)9(10)6-4-3-5-7(6)9;/h6-7H,2-5,10H2,1H3;1H. The Hall–Kier alpha value is -0.280. The monoisotopic (exact) mass is 205 g/mol. The number of carbonyl (C=O) groups is 1. The number of fused-ring (bicyclic) bond motifs is 1. The minimum atomic E-state index is -0.589. The molecule has 0 bridgehead atoms. The molecule has 2 saturated carbocycles. The second-order valence-electron chi connectivity index (χ2n) is 3.80. The van der Waals surface area contributed by atoms with Crippen LogP contribution < -0.4 is 5.73 Å². The number of hydrogen-bond donors (Lipinski definition) is 1. The zero-order chi connectivity index (χ0) is 8.77. The lowest BCUT2D eigenvalue weighted by Crippen LogP contribution is -2.39. The molecule has 2 rings (SSSR count). The van der Waals surface area contributed by atoms with Gasteiger partial charge in [0.15, 0.2) is 0 Å². The second kappa shape index (κ2) is 3.46. The summed E-state index contributed by atoms with van der Waals surface area (Å²) >= 11 is 0. The molecule has 3 nitrogen and oxygen atoms in total. The van der Waals surface area contributed by atoms with E-state index >= 15 is 0 Å². The van der Waals surface area contributed by atoms with E-state index in [-0.39, 0.29) is 18.4 Å². The Morgan fingerprint density at radius 2 is 2.08 bits per heavy atom. The van der Waals surface area contributed by atoms with Gasteiger partial charge in [-0.15, -0.1) is 12.4 Å². The molecule has 2 aliphatic carbocycles. The van der Waals surface area contributed by atoms with Gasteiger partial charge in [-0.25, -0.2) is 0 Å². The van der Waals surface area contributed by atoms with Gasteiger partial charge in [0.2, 0.25) is 0 Å². The van der Waals surface area contributed by atoms with Gasteiger partial charge in [-0.05, 0) is 31.6 Å². The molecule has 0 amide bonds. The number of hydrogen-bond acceptors (Lipinski definition) is 3. The first-order valence-corrected chi connectivity index (χ1v) is 4.67. The van der Waals surface area contributed by atoms with E-state index in [4.69, 9.17) is 10.5 Å². The Morgan fingerprint density at radius 3 is 2.54 bits per heavy atom. The van der Waals surface area contributed by atoms with Crippen LogP contribution in [0.4, 0.5) is 0 Å². The summed E-state index contributed by atoms with van der Waals surface area (Å²) in [5.41, 5.74) is 5.36. The molecule has 0 aliphatic heterocycles. The first-order chi connectivity index (χ1) is 5.71. The molecule has 0 aromatic carbocycles. The molecule has 2 atom stereocenters. The van der Waals surface area contributed by atoms with Crippen molar-refractivity contribution in [1.29, 1.82) is 0 Å². The summed E-state index contributed by atoms with van der Waals surface area (Å²) in [6, 6.07) is 0. The molecule has 0 aromatic heterocycles. The number of nitrogens with two attached hydrogens (primary N) is 1. The molecule has 0 radical (unpaired) electrons. The maximum absolute atomic E-state index is 11.4. The second-order valence-corrected chi connectivity index (χ2v) is 3.80. The van der Waals surface area contributed by atoms with Crippen LogP contribution in [0.2, 0.25) is 0 Å². The van der Waals surface area contributed by atoms with Crippen LogP contribution in [-0.4, -0.2) is 18.1 Å². The van der Waals surface area contributed by atoms with Gasteiger partial charge >= 0.3 is 5.97 Å². The summed E-state index contributed by atoms with van der Waals surface area (Å²) in [5, 5.41) is 0. The molecule has 0 saturated heterocycles. The quantitative estimate of drug-likeness (QED) is 0.687. The lowest BCUT2D eigenvalue weighted by molar-refractivity contribution is -0.146. The zero-order valence-electron chi connectivity index (χ0n) is 7.79. The van der Waals surface area contributed by atoms with Crippen LogP contribution in [0.5, 0.6) is 0 Å². The largest absolute Gasteiger partial charge is 0.465 e. The third kappa shape index (κ3) is 1.34. The van der Waals surface area contributed by atoms with Crippen molar-refractivity contribution in [2.45, 2.75) is 31.7 Å². The number of halogens is 1. The van der Waals surface area contributed by atoms with Crippen molar-refractivity contribution in [2.75, 3.05) is 6.61 Å². The Morgan fingerprint density at radius 1 is 1.54 bits per heavy atom. The van der Waals surface area contributed by atoms with Gasteiger partial charge in [0.1, 0.15) is 5.54 Å². The van der Waals surface area contributed by atoms with E-state index < -0.39 is 5.54 Å². The van der Waals surface area contributed by atoms with E-state index in [9.17, 15) is 4.79 Å². The lowest BCUT2D eigenvalue weighted by Gasteiger charge is -2.12.